The van der Waals surface area contributed by atoms with Crippen LogP contribution in [-0.2, 0) is 6.18 Å². The number of carbonyl (C=O) groups excluding carboxylic acids is 1. The standard InChI is InChI=1S/C12H11F3O2/c1-8(2)7-17-11-4-3-9(6-16)5-10(11)12(13,14)15/h3-6H,1,7H2,2H3. The molecule has 0 aliphatic carbocycles. The third-order valence-electron chi connectivity index (χ3n) is 1.92. The molecule has 1 aromatic rings. The summed E-state index contributed by atoms with van der Waals surface area (Å²) in [5.74, 6) is -0.300. The summed E-state index contributed by atoms with van der Waals surface area (Å²) in [7, 11) is 0. The summed E-state index contributed by atoms with van der Waals surface area (Å²) < 4.78 is 43.0. The fourth-order valence-corrected chi connectivity index (χ4v) is 1.17. The summed E-state index contributed by atoms with van der Waals surface area (Å²) >= 11 is 0. The molecule has 0 radical (unpaired) electrons. The van der Waals surface area contributed by atoms with E-state index in [2.05, 4.69) is 6.58 Å². The molecule has 0 aliphatic rings. The Hall–Kier alpha value is -1.78. The van der Waals surface area contributed by atoms with Gasteiger partial charge in [-0.15, -0.1) is 0 Å². The smallest absolute Gasteiger partial charge is 0.419 e. The average molecular weight is 244 g/mol. The lowest BCUT2D eigenvalue weighted by molar-refractivity contribution is -0.138. The fourth-order valence-electron chi connectivity index (χ4n) is 1.17. The van der Waals surface area contributed by atoms with Crippen molar-refractivity contribution in [1.82, 2.24) is 0 Å². The number of carbonyl (C=O) groups is 1. The second-order valence-electron chi connectivity index (χ2n) is 3.62. The number of ether oxygens (including phenoxy) is 1. The average Bonchev–Trinajstić information content (AvgIpc) is 2.24. The summed E-state index contributed by atoms with van der Waals surface area (Å²) in [6.07, 6.45) is -4.19. The van der Waals surface area contributed by atoms with E-state index in [1.54, 1.807) is 6.92 Å². The van der Waals surface area contributed by atoms with E-state index >= 15 is 0 Å². The van der Waals surface area contributed by atoms with Crippen LogP contribution in [0.2, 0.25) is 0 Å². The maximum absolute atomic E-state index is 12.7. The molecule has 1 rings (SSSR count). The van der Waals surface area contributed by atoms with E-state index in [1.807, 2.05) is 0 Å². The first-order valence-electron chi connectivity index (χ1n) is 4.78. The van der Waals surface area contributed by atoms with Crippen molar-refractivity contribution >= 4 is 6.29 Å². The number of alkyl halides is 3. The molecule has 1 aromatic carbocycles. The van der Waals surface area contributed by atoms with Crippen LogP contribution in [0.1, 0.15) is 22.8 Å². The van der Waals surface area contributed by atoms with E-state index < -0.39 is 11.7 Å². The highest BCUT2D eigenvalue weighted by atomic mass is 19.4. The molecule has 0 aromatic heterocycles. The van der Waals surface area contributed by atoms with Crippen LogP contribution in [0.25, 0.3) is 0 Å². The topological polar surface area (TPSA) is 26.3 Å². The maximum Gasteiger partial charge on any atom is 0.419 e. The first-order chi connectivity index (χ1) is 7.84. The van der Waals surface area contributed by atoms with Gasteiger partial charge in [0.15, 0.2) is 0 Å². The van der Waals surface area contributed by atoms with E-state index in [0.29, 0.717) is 11.9 Å². The monoisotopic (exact) mass is 244 g/mol. The molecule has 2 nitrogen and oxygen atoms in total. The Morgan fingerprint density at radius 3 is 2.59 bits per heavy atom. The number of hydrogen-bond acceptors (Lipinski definition) is 2. The zero-order valence-electron chi connectivity index (χ0n) is 9.17. The summed E-state index contributed by atoms with van der Waals surface area (Å²) in [5.41, 5.74) is -0.388. The number of aldehydes is 1. The molecule has 5 heteroatoms. The highest BCUT2D eigenvalue weighted by Gasteiger charge is 2.34. The van der Waals surface area contributed by atoms with Gasteiger partial charge >= 0.3 is 6.18 Å². The van der Waals surface area contributed by atoms with E-state index in [9.17, 15) is 18.0 Å². The minimum Gasteiger partial charge on any atom is -0.489 e. The second-order valence-corrected chi connectivity index (χ2v) is 3.62. The van der Waals surface area contributed by atoms with Gasteiger partial charge in [0.05, 0.1) is 5.56 Å². The molecule has 0 spiro atoms. The van der Waals surface area contributed by atoms with Gasteiger partial charge in [0, 0.05) is 5.56 Å². The van der Waals surface area contributed by atoms with Crippen LogP contribution < -0.4 is 4.74 Å². The summed E-state index contributed by atoms with van der Waals surface area (Å²) in [5, 5.41) is 0. The molecule has 0 N–H and O–H groups in total. The van der Waals surface area contributed by atoms with Gasteiger partial charge in [-0.3, -0.25) is 4.79 Å². The first kappa shape index (κ1) is 13.3. The van der Waals surface area contributed by atoms with Gasteiger partial charge in [-0.2, -0.15) is 13.2 Å². The molecule has 0 bridgehead atoms. The van der Waals surface area contributed by atoms with E-state index in [1.165, 1.54) is 6.07 Å². The Labute approximate surface area is 96.7 Å². The lowest BCUT2D eigenvalue weighted by Gasteiger charge is -2.14. The molecule has 92 valence electrons. The van der Waals surface area contributed by atoms with Crippen LogP contribution in [0.3, 0.4) is 0 Å². The summed E-state index contributed by atoms with van der Waals surface area (Å²) in [6.45, 7) is 5.18. The molecule has 0 saturated carbocycles. The summed E-state index contributed by atoms with van der Waals surface area (Å²) in [6, 6.07) is 3.17. The van der Waals surface area contributed by atoms with Crippen molar-refractivity contribution in [3.8, 4) is 5.75 Å². The highest BCUT2D eigenvalue weighted by molar-refractivity contribution is 5.75. The molecule has 0 atom stereocenters. The van der Waals surface area contributed by atoms with Crippen molar-refractivity contribution in [1.29, 1.82) is 0 Å². The predicted octanol–water partition coefficient (Wildman–Crippen LogP) is 3.47. The Morgan fingerprint density at radius 2 is 2.12 bits per heavy atom. The molecule has 0 amide bonds. The van der Waals surface area contributed by atoms with Crippen LogP contribution in [0.15, 0.2) is 30.4 Å². The van der Waals surface area contributed by atoms with E-state index in [0.717, 1.165) is 12.1 Å². The highest BCUT2D eigenvalue weighted by Crippen LogP contribution is 2.36. The molecule has 0 aliphatic heterocycles. The van der Waals surface area contributed by atoms with Crippen LogP contribution in [0.4, 0.5) is 13.2 Å². The third kappa shape index (κ3) is 3.62. The molecular formula is C12H11F3O2. The van der Waals surface area contributed by atoms with Gasteiger partial charge in [0.1, 0.15) is 18.6 Å². The number of benzene rings is 1. The Morgan fingerprint density at radius 1 is 1.47 bits per heavy atom. The normalized spacial score (nSPS) is 11.1. The van der Waals surface area contributed by atoms with Crippen LogP contribution in [0.5, 0.6) is 5.75 Å². The van der Waals surface area contributed by atoms with Crippen molar-refractivity contribution < 1.29 is 22.7 Å². The zero-order valence-corrected chi connectivity index (χ0v) is 9.17. The van der Waals surface area contributed by atoms with Crippen molar-refractivity contribution in [3.05, 3.63) is 41.5 Å². The van der Waals surface area contributed by atoms with Crippen LogP contribution in [-0.4, -0.2) is 12.9 Å². The lowest BCUT2D eigenvalue weighted by atomic mass is 10.1. The van der Waals surface area contributed by atoms with Gasteiger partial charge in [-0.05, 0) is 30.7 Å². The lowest BCUT2D eigenvalue weighted by Crippen LogP contribution is -2.10. The van der Waals surface area contributed by atoms with Crippen molar-refractivity contribution in [3.63, 3.8) is 0 Å². The molecule has 0 heterocycles. The number of hydrogen-bond donors (Lipinski definition) is 0. The van der Waals surface area contributed by atoms with Crippen LogP contribution in [0, 0.1) is 0 Å². The fraction of sp³-hybridized carbons (Fsp3) is 0.250. The first-order valence-corrected chi connectivity index (χ1v) is 4.78. The van der Waals surface area contributed by atoms with Gasteiger partial charge in [0.25, 0.3) is 0 Å². The molecule has 0 fully saturated rings. The van der Waals surface area contributed by atoms with Crippen molar-refractivity contribution in [2.45, 2.75) is 13.1 Å². The van der Waals surface area contributed by atoms with Crippen molar-refractivity contribution in [2.75, 3.05) is 6.61 Å². The Bertz CT molecular complexity index is 436. The molecule has 0 unspecified atom stereocenters. The number of halogens is 3. The van der Waals surface area contributed by atoms with Gasteiger partial charge in [-0.1, -0.05) is 6.58 Å². The maximum atomic E-state index is 12.7. The third-order valence-corrected chi connectivity index (χ3v) is 1.92. The number of rotatable bonds is 4. The largest absolute Gasteiger partial charge is 0.489 e. The quantitative estimate of drug-likeness (QED) is 0.598. The summed E-state index contributed by atoms with van der Waals surface area (Å²) in [4.78, 5) is 10.4. The van der Waals surface area contributed by atoms with Gasteiger partial charge < -0.3 is 4.74 Å². The van der Waals surface area contributed by atoms with Crippen molar-refractivity contribution in [2.24, 2.45) is 0 Å². The van der Waals surface area contributed by atoms with Gasteiger partial charge in [0.2, 0.25) is 0 Å². The molecular weight excluding hydrogens is 233 g/mol. The molecule has 0 saturated heterocycles. The minimum absolute atomic E-state index is 0.00349. The zero-order chi connectivity index (χ0) is 13.1. The Balaban J connectivity index is 3.11. The van der Waals surface area contributed by atoms with E-state index in [4.69, 9.17) is 4.74 Å². The second kappa shape index (κ2) is 5.03. The SMILES string of the molecule is C=C(C)COc1ccc(C=O)cc1C(F)(F)F. The van der Waals surface area contributed by atoms with Gasteiger partial charge in [-0.25, -0.2) is 0 Å². The van der Waals surface area contributed by atoms with Crippen LogP contribution >= 0.6 is 0 Å². The predicted molar refractivity (Wildman–Crippen MR) is 57.1 cm³/mol. The molecule has 17 heavy (non-hydrogen) atoms. The Kier molecular flexibility index (Phi) is 3.93. The minimum atomic E-state index is -4.55. The van der Waals surface area contributed by atoms with E-state index in [-0.39, 0.29) is 17.9 Å².